The number of nitrogens with one attached hydrogen (secondary N) is 2. The molecule has 11 heteroatoms. The Morgan fingerprint density at radius 3 is 2.59 bits per heavy atom. The first kappa shape index (κ1) is 25.3. The molecule has 0 unspecified atom stereocenters. The summed E-state index contributed by atoms with van der Waals surface area (Å²) in [4.78, 5) is 7.72. The normalized spacial score (nSPS) is 11.6. The van der Waals surface area contributed by atoms with E-state index in [1.807, 2.05) is 25.1 Å². The van der Waals surface area contributed by atoms with Gasteiger partial charge in [0.05, 0.1) is 18.7 Å². The third-order valence-electron chi connectivity index (χ3n) is 3.68. The van der Waals surface area contributed by atoms with Crippen molar-refractivity contribution in [1.82, 2.24) is 15.6 Å². The summed E-state index contributed by atoms with van der Waals surface area (Å²) in [6.07, 6.45) is -4.03. The summed E-state index contributed by atoms with van der Waals surface area (Å²) in [7, 11) is 3.21. The van der Waals surface area contributed by atoms with Crippen LogP contribution in [0.2, 0.25) is 0 Å². The highest BCUT2D eigenvalue weighted by atomic mass is 127. The topological polar surface area (TPSA) is 67.8 Å². The van der Waals surface area contributed by atoms with E-state index in [9.17, 15) is 13.2 Å². The minimum absolute atomic E-state index is 0. The van der Waals surface area contributed by atoms with Crippen LogP contribution in [0.25, 0.3) is 0 Å². The molecule has 0 saturated heterocycles. The van der Waals surface area contributed by atoms with Gasteiger partial charge < -0.3 is 20.1 Å². The molecular weight excluding hydrogens is 520 g/mol. The van der Waals surface area contributed by atoms with E-state index in [4.69, 9.17) is 9.47 Å². The fourth-order valence-electron chi connectivity index (χ4n) is 2.35. The summed E-state index contributed by atoms with van der Waals surface area (Å²) in [5.74, 6) is 1.87. The first-order chi connectivity index (χ1) is 13.4. The van der Waals surface area contributed by atoms with Crippen molar-refractivity contribution >= 4 is 41.3 Å². The number of alkyl halides is 3. The van der Waals surface area contributed by atoms with Crippen molar-refractivity contribution in [3.63, 3.8) is 0 Å². The minimum atomic E-state index is -4.40. The lowest BCUT2D eigenvalue weighted by Gasteiger charge is -2.13. The average molecular weight is 544 g/mol. The van der Waals surface area contributed by atoms with Gasteiger partial charge in [0.15, 0.2) is 23.2 Å². The van der Waals surface area contributed by atoms with Gasteiger partial charge in [0.1, 0.15) is 0 Å². The van der Waals surface area contributed by atoms with E-state index in [1.54, 1.807) is 14.2 Å². The van der Waals surface area contributed by atoms with Crippen molar-refractivity contribution in [3.05, 3.63) is 39.8 Å². The van der Waals surface area contributed by atoms with Gasteiger partial charge in [-0.05, 0) is 24.6 Å². The Balaban J connectivity index is 0.00000420. The lowest BCUT2D eigenvalue weighted by molar-refractivity contribution is -0.140. The Morgan fingerprint density at radius 2 is 2.00 bits per heavy atom. The number of rotatable bonds is 8. The predicted molar refractivity (Wildman–Crippen MR) is 119 cm³/mol. The first-order valence-electron chi connectivity index (χ1n) is 8.63. The molecule has 0 radical (unpaired) electrons. The maximum Gasteiger partial charge on any atom is 0.434 e. The third kappa shape index (κ3) is 7.88. The lowest BCUT2D eigenvalue weighted by atomic mass is 10.2. The molecule has 0 saturated carbocycles. The molecule has 0 aliphatic carbocycles. The van der Waals surface area contributed by atoms with Crippen molar-refractivity contribution < 1.29 is 22.6 Å². The van der Waals surface area contributed by atoms with Crippen molar-refractivity contribution in [2.24, 2.45) is 4.99 Å². The van der Waals surface area contributed by atoms with Crippen LogP contribution in [0.3, 0.4) is 0 Å². The molecule has 0 spiro atoms. The molecule has 0 bridgehead atoms. The number of guanidine groups is 1. The van der Waals surface area contributed by atoms with Crippen molar-refractivity contribution in [2.75, 3.05) is 27.3 Å². The maximum absolute atomic E-state index is 12.6. The Bertz CT molecular complexity index is 800. The number of ether oxygens (including phenoxy) is 2. The molecule has 0 atom stereocenters. The number of hydrogen-bond donors (Lipinski definition) is 2. The van der Waals surface area contributed by atoms with Crippen LogP contribution < -0.4 is 20.1 Å². The molecule has 1 heterocycles. The van der Waals surface area contributed by atoms with Gasteiger partial charge in [-0.2, -0.15) is 13.2 Å². The summed E-state index contributed by atoms with van der Waals surface area (Å²) < 4.78 is 48.5. The molecule has 29 heavy (non-hydrogen) atoms. The van der Waals surface area contributed by atoms with Gasteiger partial charge >= 0.3 is 6.18 Å². The standard InChI is InChI=1S/C18H23F3N4O2S.HI/c1-4-27-13-6-5-12(9-14(13)26-3)10-24-17(22-2)23-8-7-16-25-15(11-28-16)18(19,20)21;/h5-6,9,11H,4,7-8,10H2,1-3H3,(H2,22,23,24);1H. The van der Waals surface area contributed by atoms with E-state index in [1.165, 1.54) is 0 Å². The SMILES string of the molecule is CCOc1ccc(CNC(=NC)NCCc2nc(C(F)(F)F)cs2)cc1OC.I. The fourth-order valence-corrected chi connectivity index (χ4v) is 3.15. The molecule has 0 amide bonds. The number of nitrogens with zero attached hydrogens (tertiary/aromatic N) is 2. The number of halogens is 4. The summed E-state index contributed by atoms with van der Waals surface area (Å²) >= 11 is 0.998. The fraction of sp³-hybridized carbons (Fsp3) is 0.444. The second kappa shape index (κ2) is 12.1. The van der Waals surface area contributed by atoms with E-state index in [-0.39, 0.29) is 24.0 Å². The van der Waals surface area contributed by atoms with Crippen molar-refractivity contribution in [3.8, 4) is 11.5 Å². The summed E-state index contributed by atoms with van der Waals surface area (Å²) in [5, 5.41) is 7.67. The highest BCUT2D eigenvalue weighted by Crippen LogP contribution is 2.30. The number of aliphatic imine (C=N–C) groups is 1. The van der Waals surface area contributed by atoms with E-state index < -0.39 is 11.9 Å². The molecule has 0 aliphatic heterocycles. The van der Waals surface area contributed by atoms with Crippen LogP contribution in [0.1, 0.15) is 23.2 Å². The Labute approximate surface area is 188 Å². The molecule has 2 aromatic rings. The van der Waals surface area contributed by atoms with Crippen molar-refractivity contribution in [1.29, 1.82) is 0 Å². The van der Waals surface area contributed by atoms with E-state index >= 15 is 0 Å². The van der Waals surface area contributed by atoms with Crippen LogP contribution in [0.4, 0.5) is 13.2 Å². The predicted octanol–water partition coefficient (Wildman–Crippen LogP) is 4.09. The molecular formula is C18H24F3IN4O2S. The number of methoxy groups -OCH3 is 1. The molecule has 0 fully saturated rings. The highest BCUT2D eigenvalue weighted by Gasteiger charge is 2.33. The third-order valence-corrected chi connectivity index (χ3v) is 4.59. The summed E-state index contributed by atoms with van der Waals surface area (Å²) in [5.41, 5.74) is 0.123. The number of hydrogen-bond acceptors (Lipinski definition) is 5. The van der Waals surface area contributed by atoms with Gasteiger partial charge in [-0.3, -0.25) is 4.99 Å². The number of benzene rings is 1. The number of aromatic nitrogens is 1. The molecule has 6 nitrogen and oxygen atoms in total. The van der Waals surface area contributed by atoms with Crippen LogP contribution in [-0.2, 0) is 19.1 Å². The largest absolute Gasteiger partial charge is 0.493 e. The molecule has 162 valence electrons. The second-order valence-corrected chi connectivity index (χ2v) is 6.59. The van der Waals surface area contributed by atoms with Gasteiger partial charge in [0.25, 0.3) is 0 Å². The Hall–Kier alpha value is -1.76. The van der Waals surface area contributed by atoms with E-state index in [0.717, 1.165) is 22.3 Å². The molecule has 1 aromatic heterocycles. The van der Waals surface area contributed by atoms with Gasteiger partial charge in [0, 0.05) is 31.9 Å². The second-order valence-electron chi connectivity index (χ2n) is 5.65. The van der Waals surface area contributed by atoms with Crippen LogP contribution in [0.5, 0.6) is 11.5 Å². The van der Waals surface area contributed by atoms with Gasteiger partial charge in [-0.1, -0.05) is 6.07 Å². The van der Waals surface area contributed by atoms with E-state index in [2.05, 4.69) is 20.6 Å². The van der Waals surface area contributed by atoms with Gasteiger partial charge in [0.2, 0.25) is 0 Å². The zero-order valence-corrected chi connectivity index (χ0v) is 19.4. The molecule has 2 N–H and O–H groups in total. The quantitative estimate of drug-likeness (QED) is 0.298. The Morgan fingerprint density at radius 1 is 1.24 bits per heavy atom. The molecule has 0 aliphatic rings. The highest BCUT2D eigenvalue weighted by molar-refractivity contribution is 14.0. The maximum atomic E-state index is 12.6. The van der Waals surface area contributed by atoms with Crippen molar-refractivity contribution in [2.45, 2.75) is 26.1 Å². The average Bonchev–Trinajstić information content (AvgIpc) is 3.15. The minimum Gasteiger partial charge on any atom is -0.493 e. The van der Waals surface area contributed by atoms with Gasteiger partial charge in [-0.25, -0.2) is 4.98 Å². The molecule has 2 rings (SSSR count). The zero-order chi connectivity index (χ0) is 20.6. The number of thiazole rings is 1. The lowest BCUT2D eigenvalue weighted by Crippen LogP contribution is -2.37. The van der Waals surface area contributed by atoms with Crippen LogP contribution in [-0.4, -0.2) is 38.3 Å². The summed E-state index contributed by atoms with van der Waals surface area (Å²) in [6, 6.07) is 5.64. The monoisotopic (exact) mass is 544 g/mol. The van der Waals surface area contributed by atoms with E-state index in [0.29, 0.717) is 48.6 Å². The smallest absolute Gasteiger partial charge is 0.434 e. The zero-order valence-electron chi connectivity index (χ0n) is 16.3. The van der Waals surface area contributed by atoms with Crippen LogP contribution >= 0.6 is 35.3 Å². The van der Waals surface area contributed by atoms with Gasteiger partial charge in [-0.15, -0.1) is 35.3 Å². The molecule has 1 aromatic carbocycles. The van der Waals surface area contributed by atoms with Crippen LogP contribution in [0, 0.1) is 0 Å². The summed E-state index contributed by atoms with van der Waals surface area (Å²) in [6.45, 7) is 3.36. The van der Waals surface area contributed by atoms with Crippen LogP contribution in [0.15, 0.2) is 28.6 Å². The Kier molecular flexibility index (Phi) is 10.5. The first-order valence-corrected chi connectivity index (χ1v) is 9.51.